The second-order valence-electron chi connectivity index (χ2n) is 6.88. The lowest BCUT2D eigenvalue weighted by Crippen LogP contribution is -2.35. The van der Waals surface area contributed by atoms with Crippen LogP contribution in [0.1, 0.15) is 24.9 Å². The number of carboxylic acids is 2. The first-order valence-electron chi connectivity index (χ1n) is 10.1. The molecule has 2 aromatic carbocycles. The molecule has 0 aliphatic carbocycles. The second-order valence-corrected chi connectivity index (χ2v) is 6.88. The molecule has 0 fully saturated rings. The lowest BCUT2D eigenvalue weighted by atomic mass is 10.0. The fourth-order valence-electron chi connectivity index (χ4n) is 2.90. The molecule has 10 heteroatoms. The van der Waals surface area contributed by atoms with E-state index in [1.807, 2.05) is 18.2 Å². The number of hydrogen-bond acceptors (Lipinski definition) is 6. The molecule has 33 heavy (non-hydrogen) atoms. The summed E-state index contributed by atoms with van der Waals surface area (Å²) in [6, 6.07) is 15.0. The van der Waals surface area contributed by atoms with E-state index in [-0.39, 0.29) is 12.6 Å². The number of carbonyl (C=O) groups is 3. The van der Waals surface area contributed by atoms with E-state index in [2.05, 4.69) is 34.4 Å². The number of ether oxygens (including phenoxy) is 1. The molecule has 2 amide bonds. The van der Waals surface area contributed by atoms with Gasteiger partial charge in [0, 0.05) is 24.7 Å². The number of carbonyl (C=O) groups excluding carboxylic acids is 1. The highest BCUT2D eigenvalue weighted by Gasteiger charge is 2.14. The summed E-state index contributed by atoms with van der Waals surface area (Å²) in [5, 5.41) is 30.1. The average molecular weight is 455 g/mol. The molecule has 2 atom stereocenters. The lowest BCUT2D eigenvalue weighted by Gasteiger charge is -2.20. The third-order valence-corrected chi connectivity index (χ3v) is 4.41. The predicted octanol–water partition coefficient (Wildman–Crippen LogP) is 1.25. The van der Waals surface area contributed by atoms with E-state index in [0.29, 0.717) is 35.2 Å². The third-order valence-electron chi connectivity index (χ3n) is 4.41. The van der Waals surface area contributed by atoms with E-state index in [4.69, 9.17) is 14.9 Å². The number of amides is 2. The lowest BCUT2D eigenvalue weighted by molar-refractivity contribution is -0.134. The molecule has 10 nitrogen and oxygen atoms in total. The fourth-order valence-corrected chi connectivity index (χ4v) is 2.90. The molecule has 0 radical (unpaired) electrons. The SMILES string of the molecule is CCC(NCC(O)COc1cccc2c1=NC(=O)N=2)c1ccccc1.O=C(O)C=CC(=O)O. The van der Waals surface area contributed by atoms with E-state index in [9.17, 15) is 19.5 Å². The quantitative estimate of drug-likeness (QED) is 0.390. The molecule has 0 bridgehead atoms. The zero-order chi connectivity index (χ0) is 24.2. The van der Waals surface area contributed by atoms with Gasteiger partial charge < -0.3 is 25.4 Å². The number of aliphatic hydroxyl groups is 1. The number of para-hydroxylation sites is 1. The van der Waals surface area contributed by atoms with E-state index in [0.717, 1.165) is 6.42 Å². The minimum Gasteiger partial charge on any atom is -0.488 e. The monoisotopic (exact) mass is 455 g/mol. The van der Waals surface area contributed by atoms with Crippen molar-refractivity contribution in [2.24, 2.45) is 9.98 Å². The van der Waals surface area contributed by atoms with Crippen LogP contribution in [0.15, 0.2) is 70.7 Å². The number of nitrogens with one attached hydrogen (secondary N) is 1. The van der Waals surface area contributed by atoms with E-state index in [1.165, 1.54) is 5.56 Å². The average Bonchev–Trinajstić information content (AvgIpc) is 3.18. The Hall–Kier alpha value is -3.89. The summed E-state index contributed by atoms with van der Waals surface area (Å²) in [5.74, 6) is -2.05. The molecular weight excluding hydrogens is 430 g/mol. The van der Waals surface area contributed by atoms with Gasteiger partial charge in [-0.3, -0.25) is 0 Å². The van der Waals surface area contributed by atoms with Crippen LogP contribution in [0, 0.1) is 0 Å². The maximum atomic E-state index is 11.3. The first-order chi connectivity index (χ1) is 15.8. The Morgan fingerprint density at radius 2 is 1.70 bits per heavy atom. The van der Waals surface area contributed by atoms with Gasteiger partial charge in [0.25, 0.3) is 0 Å². The predicted molar refractivity (Wildman–Crippen MR) is 118 cm³/mol. The Morgan fingerprint density at radius 3 is 2.30 bits per heavy atom. The van der Waals surface area contributed by atoms with E-state index < -0.39 is 24.1 Å². The van der Waals surface area contributed by atoms with Crippen LogP contribution < -0.4 is 20.8 Å². The summed E-state index contributed by atoms with van der Waals surface area (Å²) >= 11 is 0. The number of benzene rings is 2. The van der Waals surface area contributed by atoms with Crippen molar-refractivity contribution < 1.29 is 34.4 Å². The number of rotatable bonds is 10. The number of carboxylic acid groups (broad SMARTS) is 2. The van der Waals surface area contributed by atoms with Crippen molar-refractivity contribution in [2.75, 3.05) is 13.2 Å². The van der Waals surface area contributed by atoms with Crippen LogP contribution in [0.2, 0.25) is 0 Å². The van der Waals surface area contributed by atoms with Gasteiger partial charge in [0.15, 0.2) is 0 Å². The largest absolute Gasteiger partial charge is 0.488 e. The topological polar surface area (TPSA) is 158 Å². The summed E-state index contributed by atoms with van der Waals surface area (Å²) in [5.41, 5.74) is 1.19. The zero-order valence-corrected chi connectivity index (χ0v) is 17.9. The summed E-state index contributed by atoms with van der Waals surface area (Å²) < 4.78 is 5.63. The zero-order valence-electron chi connectivity index (χ0n) is 17.9. The smallest absolute Gasteiger partial charge is 0.368 e. The number of nitrogens with zero attached hydrogens (tertiary/aromatic N) is 2. The van der Waals surface area contributed by atoms with Gasteiger partial charge in [-0.05, 0) is 24.1 Å². The number of urea groups is 1. The Kier molecular flexibility index (Phi) is 9.87. The van der Waals surface area contributed by atoms with Crippen molar-refractivity contribution >= 4 is 18.0 Å². The highest BCUT2D eigenvalue weighted by atomic mass is 16.5. The fraction of sp³-hybridized carbons (Fsp3) is 0.261. The van der Waals surface area contributed by atoms with Gasteiger partial charge in [-0.2, -0.15) is 9.98 Å². The number of aliphatic hydroxyl groups excluding tert-OH is 1. The molecule has 0 spiro atoms. The molecule has 174 valence electrons. The maximum absolute atomic E-state index is 11.3. The molecule has 4 N–H and O–H groups in total. The van der Waals surface area contributed by atoms with Crippen LogP contribution in [0.4, 0.5) is 4.79 Å². The van der Waals surface area contributed by atoms with Gasteiger partial charge in [-0.15, -0.1) is 0 Å². The van der Waals surface area contributed by atoms with E-state index in [1.54, 1.807) is 18.2 Å². The molecule has 1 heterocycles. The van der Waals surface area contributed by atoms with Crippen LogP contribution in [-0.4, -0.2) is 52.5 Å². The van der Waals surface area contributed by atoms with Crippen molar-refractivity contribution in [1.29, 1.82) is 0 Å². The molecule has 0 aromatic heterocycles. The molecule has 2 unspecified atom stereocenters. The molecule has 3 rings (SSSR count). The minimum absolute atomic E-state index is 0.110. The molecular formula is C23H25N3O7. The van der Waals surface area contributed by atoms with Crippen molar-refractivity contribution in [2.45, 2.75) is 25.5 Å². The summed E-state index contributed by atoms with van der Waals surface area (Å²) in [6.45, 7) is 2.62. The highest BCUT2D eigenvalue weighted by Crippen LogP contribution is 2.15. The standard InChI is InChI=1S/C19H21N3O3.C4H4O4/c1-2-15(13-7-4-3-5-8-13)20-11-14(23)12-25-17-10-6-9-16-18(17)22-19(24)21-16;5-3(6)1-2-4(7)8/h3-10,14-15,20,23H,2,11-12H2,1H3;1-2H,(H,5,6)(H,7,8). The Bertz CT molecular complexity index is 1100. The van der Waals surface area contributed by atoms with Crippen LogP contribution in [0.5, 0.6) is 5.75 Å². The molecule has 1 aliphatic rings. The van der Waals surface area contributed by atoms with Crippen LogP contribution >= 0.6 is 0 Å². The summed E-state index contributed by atoms with van der Waals surface area (Å²) in [4.78, 5) is 38.0. The van der Waals surface area contributed by atoms with Gasteiger partial charge in [-0.25, -0.2) is 14.4 Å². The Morgan fingerprint density at radius 1 is 1.03 bits per heavy atom. The van der Waals surface area contributed by atoms with Crippen molar-refractivity contribution in [1.82, 2.24) is 5.32 Å². The van der Waals surface area contributed by atoms with E-state index >= 15 is 0 Å². The first kappa shape index (κ1) is 25.4. The van der Waals surface area contributed by atoms with Crippen molar-refractivity contribution in [3.8, 4) is 5.75 Å². The van der Waals surface area contributed by atoms with Gasteiger partial charge in [0.05, 0.1) is 5.36 Å². The van der Waals surface area contributed by atoms with Crippen LogP contribution in [-0.2, 0) is 9.59 Å². The minimum atomic E-state index is -1.26. The highest BCUT2D eigenvalue weighted by molar-refractivity contribution is 5.89. The Balaban J connectivity index is 0.000000414. The molecule has 0 saturated carbocycles. The summed E-state index contributed by atoms with van der Waals surface area (Å²) in [7, 11) is 0. The second kappa shape index (κ2) is 12.8. The number of fused-ring (bicyclic) bond motifs is 1. The number of hydrogen-bond donors (Lipinski definition) is 4. The normalized spacial score (nSPS) is 13.7. The van der Waals surface area contributed by atoms with Gasteiger partial charge in [-0.1, -0.05) is 43.3 Å². The summed E-state index contributed by atoms with van der Waals surface area (Å²) in [6.07, 6.45) is 1.36. The number of aliphatic carboxylic acids is 2. The van der Waals surface area contributed by atoms with Crippen LogP contribution in [0.25, 0.3) is 0 Å². The van der Waals surface area contributed by atoms with Gasteiger partial charge >= 0.3 is 18.0 Å². The molecule has 2 aromatic rings. The van der Waals surface area contributed by atoms with Crippen LogP contribution in [0.3, 0.4) is 0 Å². The van der Waals surface area contributed by atoms with Crippen molar-refractivity contribution in [3.63, 3.8) is 0 Å². The molecule has 1 aliphatic heterocycles. The van der Waals surface area contributed by atoms with Crippen molar-refractivity contribution in [3.05, 3.63) is 77.0 Å². The van der Waals surface area contributed by atoms with Gasteiger partial charge in [0.1, 0.15) is 23.8 Å². The first-order valence-corrected chi connectivity index (χ1v) is 10.1. The Labute approximate surface area is 189 Å². The molecule has 0 saturated heterocycles. The third kappa shape index (κ3) is 8.63. The van der Waals surface area contributed by atoms with Gasteiger partial charge in [0.2, 0.25) is 0 Å². The maximum Gasteiger partial charge on any atom is 0.368 e.